The van der Waals surface area contributed by atoms with Crippen LogP contribution >= 0.6 is 0 Å². The molecule has 1 saturated carbocycles. The number of aryl methyl sites for hydroxylation is 1. The van der Waals surface area contributed by atoms with Gasteiger partial charge in [0.15, 0.2) is 0 Å². The fraction of sp³-hybridized carbons (Fsp3) is 0.500. The van der Waals surface area contributed by atoms with Crippen LogP contribution in [0.4, 0.5) is 0 Å². The fourth-order valence-corrected chi connectivity index (χ4v) is 2.84. The van der Waals surface area contributed by atoms with Gasteiger partial charge in [-0.2, -0.15) is 0 Å². The van der Waals surface area contributed by atoms with Crippen molar-refractivity contribution in [2.45, 2.75) is 44.6 Å². The molecule has 3 nitrogen and oxygen atoms in total. The first-order valence-corrected chi connectivity index (χ1v) is 6.26. The Balaban J connectivity index is 0.000000514. The molecule has 0 aliphatic heterocycles. The Kier molecular flexibility index (Phi) is 2.96. The van der Waals surface area contributed by atoms with Gasteiger partial charge in [0.2, 0.25) is 0 Å². The van der Waals surface area contributed by atoms with E-state index in [1.807, 2.05) is 19.9 Å². The van der Waals surface area contributed by atoms with Gasteiger partial charge in [0.1, 0.15) is 0 Å². The predicted molar refractivity (Wildman–Crippen MR) is 67.3 cm³/mol. The van der Waals surface area contributed by atoms with E-state index in [0.29, 0.717) is 5.56 Å². The summed E-state index contributed by atoms with van der Waals surface area (Å²) in [6, 6.07) is 5.74. The molecule has 0 aromatic heterocycles. The molecule has 0 amide bonds. The van der Waals surface area contributed by atoms with Gasteiger partial charge in [0, 0.05) is 11.5 Å². The molecule has 3 heteroatoms. The molecule has 92 valence electrons. The molecule has 1 spiro atoms. The lowest BCUT2D eigenvalue weighted by Crippen LogP contribution is -2.15. The minimum atomic E-state index is -0.848. The molecule has 0 radical (unpaired) electrons. The van der Waals surface area contributed by atoms with Crippen molar-refractivity contribution in [2.24, 2.45) is 5.73 Å². The van der Waals surface area contributed by atoms with E-state index in [2.05, 4.69) is 0 Å². The Morgan fingerprint density at radius 2 is 2.12 bits per heavy atom. The Labute approximate surface area is 102 Å². The number of rotatable bonds is 1. The summed E-state index contributed by atoms with van der Waals surface area (Å²) >= 11 is 0. The quantitative estimate of drug-likeness (QED) is 0.782. The molecule has 2 atom stereocenters. The number of carboxylic acid groups (broad SMARTS) is 1. The van der Waals surface area contributed by atoms with Gasteiger partial charge in [-0.15, -0.1) is 0 Å². The zero-order valence-electron chi connectivity index (χ0n) is 10.4. The molecule has 0 heterocycles. The number of hydrogen-bond acceptors (Lipinski definition) is 2. The maximum absolute atomic E-state index is 10.8. The van der Waals surface area contributed by atoms with E-state index in [0.717, 1.165) is 19.3 Å². The van der Waals surface area contributed by atoms with Crippen molar-refractivity contribution in [2.75, 3.05) is 0 Å². The third-order valence-corrected chi connectivity index (χ3v) is 3.86. The van der Waals surface area contributed by atoms with E-state index in [4.69, 9.17) is 10.8 Å². The average Bonchev–Trinajstić information content (AvgIpc) is 2.84. The first-order valence-electron chi connectivity index (χ1n) is 6.26. The topological polar surface area (TPSA) is 63.3 Å². The first kappa shape index (κ1) is 12.1. The van der Waals surface area contributed by atoms with Crippen molar-refractivity contribution in [3.8, 4) is 0 Å². The fourth-order valence-electron chi connectivity index (χ4n) is 2.84. The highest BCUT2D eigenvalue weighted by Crippen LogP contribution is 2.55. The summed E-state index contributed by atoms with van der Waals surface area (Å²) in [5, 5.41) is 8.89. The lowest BCUT2D eigenvalue weighted by atomic mass is 9.96. The van der Waals surface area contributed by atoms with Crippen LogP contribution < -0.4 is 5.73 Å². The van der Waals surface area contributed by atoms with Gasteiger partial charge < -0.3 is 10.8 Å². The van der Waals surface area contributed by atoms with E-state index in [-0.39, 0.29) is 11.5 Å². The summed E-state index contributed by atoms with van der Waals surface area (Å²) < 4.78 is 0. The second kappa shape index (κ2) is 4.15. The van der Waals surface area contributed by atoms with Crippen LogP contribution in [-0.4, -0.2) is 17.1 Å². The molecule has 2 aliphatic carbocycles. The maximum atomic E-state index is 10.8. The van der Waals surface area contributed by atoms with Crippen LogP contribution in [0.1, 0.15) is 48.2 Å². The van der Waals surface area contributed by atoms with Crippen molar-refractivity contribution >= 4 is 5.97 Å². The zero-order chi connectivity index (χ0) is 12.6. The molecule has 0 saturated heterocycles. The van der Waals surface area contributed by atoms with Crippen molar-refractivity contribution in [3.05, 3.63) is 34.9 Å². The van der Waals surface area contributed by atoms with E-state index >= 15 is 0 Å². The molecule has 3 N–H and O–H groups in total. The normalized spacial score (nSPS) is 28.3. The SMILES string of the molecule is CC.NC1CC12CCc1cc(C(=O)O)ccc12. The Hall–Kier alpha value is -1.35. The van der Waals surface area contributed by atoms with Gasteiger partial charge in [-0.25, -0.2) is 4.79 Å². The molecule has 1 aromatic rings. The van der Waals surface area contributed by atoms with E-state index in [9.17, 15) is 4.79 Å². The number of carbonyl (C=O) groups is 1. The lowest BCUT2D eigenvalue weighted by molar-refractivity contribution is 0.0697. The Bertz CT molecular complexity index is 456. The van der Waals surface area contributed by atoms with Gasteiger partial charge in [0.05, 0.1) is 5.56 Å². The minimum absolute atomic E-state index is 0.201. The number of nitrogens with two attached hydrogens (primary N) is 1. The van der Waals surface area contributed by atoms with E-state index in [1.165, 1.54) is 11.1 Å². The predicted octanol–water partition coefficient (Wildman–Crippen LogP) is 2.33. The number of benzene rings is 1. The van der Waals surface area contributed by atoms with Crippen molar-refractivity contribution in [3.63, 3.8) is 0 Å². The standard InChI is InChI=1S/C12H13NO2.C2H6/c13-10-6-12(10)4-3-7-5-8(11(14)15)1-2-9(7)12;1-2/h1-2,5,10H,3-4,6,13H2,(H,14,15);1-2H3. The largest absolute Gasteiger partial charge is 0.478 e. The van der Waals surface area contributed by atoms with Crippen LogP contribution in [0.15, 0.2) is 18.2 Å². The molecule has 1 aromatic carbocycles. The Morgan fingerprint density at radius 1 is 1.47 bits per heavy atom. The molecule has 0 bridgehead atoms. The maximum Gasteiger partial charge on any atom is 0.335 e. The molecular weight excluding hydrogens is 214 g/mol. The smallest absolute Gasteiger partial charge is 0.335 e. The van der Waals surface area contributed by atoms with Gasteiger partial charge in [0.25, 0.3) is 0 Å². The lowest BCUT2D eigenvalue weighted by Gasteiger charge is -2.09. The second-order valence-corrected chi connectivity index (χ2v) is 4.64. The van der Waals surface area contributed by atoms with Gasteiger partial charge >= 0.3 is 5.97 Å². The third kappa shape index (κ3) is 1.75. The number of hydrogen-bond donors (Lipinski definition) is 2. The van der Waals surface area contributed by atoms with Crippen LogP contribution in [0.5, 0.6) is 0 Å². The first-order chi connectivity index (χ1) is 8.13. The third-order valence-electron chi connectivity index (χ3n) is 3.86. The van der Waals surface area contributed by atoms with Gasteiger partial charge in [-0.3, -0.25) is 0 Å². The van der Waals surface area contributed by atoms with E-state index < -0.39 is 5.97 Å². The van der Waals surface area contributed by atoms with Crippen molar-refractivity contribution in [1.82, 2.24) is 0 Å². The van der Waals surface area contributed by atoms with Crippen LogP contribution in [0.25, 0.3) is 0 Å². The van der Waals surface area contributed by atoms with Crippen LogP contribution in [0, 0.1) is 0 Å². The van der Waals surface area contributed by atoms with E-state index in [1.54, 1.807) is 12.1 Å². The van der Waals surface area contributed by atoms with Gasteiger partial charge in [-0.05, 0) is 42.5 Å². The zero-order valence-corrected chi connectivity index (χ0v) is 10.4. The summed E-state index contributed by atoms with van der Waals surface area (Å²) in [6.07, 6.45) is 3.13. The van der Waals surface area contributed by atoms with Crippen LogP contribution in [0.2, 0.25) is 0 Å². The van der Waals surface area contributed by atoms with Crippen LogP contribution in [-0.2, 0) is 11.8 Å². The second-order valence-electron chi connectivity index (χ2n) is 4.64. The Morgan fingerprint density at radius 3 is 2.65 bits per heavy atom. The number of carboxylic acids is 1. The summed E-state index contributed by atoms with van der Waals surface area (Å²) in [5.41, 5.74) is 9.02. The van der Waals surface area contributed by atoms with Crippen molar-refractivity contribution in [1.29, 1.82) is 0 Å². The molecular formula is C14H19NO2. The highest BCUT2D eigenvalue weighted by Gasteiger charge is 2.56. The van der Waals surface area contributed by atoms with Crippen LogP contribution in [0.3, 0.4) is 0 Å². The summed E-state index contributed by atoms with van der Waals surface area (Å²) in [4.78, 5) is 10.8. The van der Waals surface area contributed by atoms with Crippen molar-refractivity contribution < 1.29 is 9.90 Å². The van der Waals surface area contributed by atoms with Gasteiger partial charge in [-0.1, -0.05) is 19.9 Å². The highest BCUT2D eigenvalue weighted by atomic mass is 16.4. The average molecular weight is 233 g/mol. The number of aromatic carboxylic acids is 1. The molecule has 3 rings (SSSR count). The monoisotopic (exact) mass is 233 g/mol. The number of fused-ring (bicyclic) bond motifs is 2. The molecule has 17 heavy (non-hydrogen) atoms. The summed E-state index contributed by atoms with van der Waals surface area (Å²) in [7, 11) is 0. The highest BCUT2D eigenvalue weighted by molar-refractivity contribution is 5.88. The minimum Gasteiger partial charge on any atom is -0.478 e. The molecule has 2 aliphatic rings. The summed E-state index contributed by atoms with van der Waals surface area (Å²) in [6.45, 7) is 4.00. The summed E-state index contributed by atoms with van der Waals surface area (Å²) in [5.74, 6) is -0.848. The molecule has 2 unspecified atom stereocenters. The molecule has 1 fully saturated rings.